The first-order chi connectivity index (χ1) is 10.2. The molecule has 0 radical (unpaired) electrons. The van der Waals surface area contributed by atoms with E-state index in [0.29, 0.717) is 5.75 Å². The number of aliphatic imine (C=N–C) groups is 1. The number of benzene rings is 1. The van der Waals surface area contributed by atoms with E-state index in [1.807, 2.05) is 30.3 Å². The Morgan fingerprint density at radius 1 is 1.29 bits per heavy atom. The van der Waals surface area contributed by atoms with Crippen molar-refractivity contribution in [2.24, 2.45) is 4.99 Å². The second kappa shape index (κ2) is 7.64. The second-order valence-electron chi connectivity index (χ2n) is 5.41. The van der Waals surface area contributed by atoms with Gasteiger partial charge < -0.3 is 4.74 Å². The average Bonchev–Trinajstić information content (AvgIpc) is 2.97. The van der Waals surface area contributed by atoms with Gasteiger partial charge in [-0.3, -0.25) is 4.99 Å². The quantitative estimate of drug-likeness (QED) is 0.563. The fraction of sp³-hybridized carbons (Fsp3) is 0.529. The number of hydrogen-bond acceptors (Lipinski definition) is 4. The van der Waals surface area contributed by atoms with Crippen molar-refractivity contribution >= 4 is 22.8 Å². The summed E-state index contributed by atoms with van der Waals surface area (Å²) < 4.78 is 5.02. The van der Waals surface area contributed by atoms with Crippen LogP contribution in [0, 0.1) is 0 Å². The minimum atomic E-state index is -0.682. The van der Waals surface area contributed by atoms with Crippen LogP contribution in [0.2, 0.25) is 0 Å². The first-order valence-corrected chi connectivity index (χ1v) is 8.57. The highest BCUT2D eigenvalue weighted by atomic mass is 32.2. The number of nitrogens with zero attached hydrogens (tertiary/aromatic N) is 1. The Kier molecular flexibility index (Phi) is 5.85. The van der Waals surface area contributed by atoms with Crippen molar-refractivity contribution < 1.29 is 9.53 Å². The zero-order valence-electron chi connectivity index (χ0n) is 12.8. The molecule has 114 valence electrons. The molecular weight excluding hydrogens is 282 g/mol. The molecule has 21 heavy (non-hydrogen) atoms. The number of unbranched alkanes of at least 4 members (excludes halogenated alkanes) is 3. The smallest absolute Gasteiger partial charge is 0.334 e. The molecule has 1 aliphatic heterocycles. The first-order valence-electron chi connectivity index (χ1n) is 7.58. The lowest BCUT2D eigenvalue weighted by atomic mass is 9.94. The van der Waals surface area contributed by atoms with Crippen molar-refractivity contribution in [2.45, 2.75) is 44.6 Å². The fourth-order valence-corrected chi connectivity index (χ4v) is 3.79. The van der Waals surface area contributed by atoms with Gasteiger partial charge in [0.05, 0.1) is 12.2 Å². The van der Waals surface area contributed by atoms with Crippen LogP contribution in [0.1, 0.15) is 44.6 Å². The summed E-state index contributed by atoms with van der Waals surface area (Å²) in [5, 5.41) is 0.955. The molecule has 0 aliphatic carbocycles. The lowest BCUT2D eigenvalue weighted by molar-refractivity contribution is -0.146. The molecule has 1 atom stereocenters. The van der Waals surface area contributed by atoms with E-state index in [4.69, 9.17) is 9.73 Å². The number of hydrogen-bond donors (Lipinski definition) is 0. The molecule has 0 amide bonds. The van der Waals surface area contributed by atoms with Crippen LogP contribution >= 0.6 is 11.8 Å². The maximum atomic E-state index is 12.2. The molecule has 0 saturated carbocycles. The van der Waals surface area contributed by atoms with Crippen molar-refractivity contribution in [1.29, 1.82) is 0 Å². The predicted octanol–water partition coefficient (Wildman–Crippen LogP) is 4.06. The summed E-state index contributed by atoms with van der Waals surface area (Å²) in [6.07, 6.45) is 5.35. The van der Waals surface area contributed by atoms with E-state index in [1.165, 1.54) is 20.0 Å². The third-order valence-electron chi connectivity index (χ3n) is 3.79. The Bertz CT molecular complexity index is 501. The van der Waals surface area contributed by atoms with Gasteiger partial charge in [0.2, 0.25) is 0 Å². The normalized spacial score (nSPS) is 21.1. The van der Waals surface area contributed by atoms with Gasteiger partial charge in [0.15, 0.2) is 5.54 Å². The van der Waals surface area contributed by atoms with Gasteiger partial charge in [0.1, 0.15) is 0 Å². The number of methoxy groups -OCH3 is 1. The average molecular weight is 305 g/mol. The van der Waals surface area contributed by atoms with E-state index in [1.54, 1.807) is 11.8 Å². The molecule has 3 nitrogen and oxygen atoms in total. The molecule has 0 unspecified atom stereocenters. The van der Waals surface area contributed by atoms with Gasteiger partial charge in [-0.1, -0.05) is 62.9 Å². The highest BCUT2D eigenvalue weighted by Crippen LogP contribution is 2.36. The first kappa shape index (κ1) is 16.1. The highest BCUT2D eigenvalue weighted by molar-refractivity contribution is 8.14. The Balaban J connectivity index is 2.14. The van der Waals surface area contributed by atoms with Crippen molar-refractivity contribution in [3.8, 4) is 0 Å². The summed E-state index contributed by atoms with van der Waals surface area (Å²) >= 11 is 1.66. The molecule has 0 bridgehead atoms. The molecule has 4 heteroatoms. The van der Waals surface area contributed by atoms with Gasteiger partial charge in [0.25, 0.3) is 0 Å². The molecule has 0 spiro atoms. The topological polar surface area (TPSA) is 38.7 Å². The summed E-state index contributed by atoms with van der Waals surface area (Å²) in [5.41, 5.74) is 0.403. The lowest BCUT2D eigenvalue weighted by Gasteiger charge is -2.22. The van der Waals surface area contributed by atoms with Crippen LogP contribution in [-0.4, -0.2) is 29.4 Å². The van der Waals surface area contributed by atoms with Crippen LogP contribution in [0.4, 0.5) is 0 Å². The zero-order chi connectivity index (χ0) is 15.1. The van der Waals surface area contributed by atoms with Crippen LogP contribution < -0.4 is 0 Å². The van der Waals surface area contributed by atoms with Gasteiger partial charge in [0, 0.05) is 11.3 Å². The monoisotopic (exact) mass is 305 g/mol. The maximum absolute atomic E-state index is 12.2. The van der Waals surface area contributed by atoms with Crippen LogP contribution in [0.15, 0.2) is 35.3 Å². The van der Waals surface area contributed by atoms with E-state index >= 15 is 0 Å². The SMILES string of the molecule is CCCCCC[C@@]1(C(=O)OC)CSC(c2ccccc2)=N1. The molecule has 1 aromatic rings. The maximum Gasteiger partial charge on any atom is 0.334 e. The number of thioether (sulfide) groups is 1. The predicted molar refractivity (Wildman–Crippen MR) is 88.9 cm³/mol. The summed E-state index contributed by atoms with van der Waals surface area (Å²) in [4.78, 5) is 17.0. The van der Waals surface area contributed by atoms with E-state index in [-0.39, 0.29) is 5.97 Å². The van der Waals surface area contributed by atoms with Crippen molar-refractivity contribution in [3.05, 3.63) is 35.9 Å². The van der Waals surface area contributed by atoms with E-state index in [2.05, 4.69) is 6.92 Å². The summed E-state index contributed by atoms with van der Waals surface area (Å²) in [7, 11) is 1.46. The van der Waals surface area contributed by atoms with Gasteiger partial charge in [-0.15, -0.1) is 11.8 Å². The standard InChI is InChI=1S/C17H23NO2S/c1-3-4-5-9-12-17(16(19)20-2)13-21-15(18-17)14-10-7-6-8-11-14/h6-8,10-11H,3-5,9,12-13H2,1-2H3/t17-/m0/s1. The third-order valence-corrected chi connectivity index (χ3v) is 5.02. The summed E-state index contributed by atoms with van der Waals surface area (Å²) in [5.74, 6) is 0.494. The number of ether oxygens (including phenoxy) is 1. The molecule has 1 aliphatic rings. The molecule has 1 aromatic carbocycles. The van der Waals surface area contributed by atoms with E-state index in [9.17, 15) is 4.79 Å². The minimum Gasteiger partial charge on any atom is -0.467 e. The van der Waals surface area contributed by atoms with E-state index in [0.717, 1.165) is 29.9 Å². The summed E-state index contributed by atoms with van der Waals surface area (Å²) in [6.45, 7) is 2.19. The number of carbonyl (C=O) groups excluding carboxylic acids is 1. The Labute approximate surface area is 131 Å². The van der Waals surface area contributed by atoms with Crippen LogP contribution in [-0.2, 0) is 9.53 Å². The van der Waals surface area contributed by atoms with E-state index < -0.39 is 5.54 Å². The third kappa shape index (κ3) is 3.88. The molecule has 0 N–H and O–H groups in total. The minimum absolute atomic E-state index is 0.197. The molecule has 2 rings (SSSR count). The Hall–Kier alpha value is -1.29. The molecular formula is C17H23NO2S. The second-order valence-corrected chi connectivity index (χ2v) is 6.37. The van der Waals surface area contributed by atoms with Gasteiger partial charge in [-0.2, -0.15) is 0 Å². The van der Waals surface area contributed by atoms with Crippen molar-refractivity contribution in [1.82, 2.24) is 0 Å². The Morgan fingerprint density at radius 3 is 2.71 bits per heavy atom. The molecule has 0 saturated heterocycles. The molecule has 0 fully saturated rings. The lowest BCUT2D eigenvalue weighted by Crippen LogP contribution is -2.38. The number of rotatable bonds is 7. The van der Waals surface area contributed by atoms with Crippen molar-refractivity contribution in [2.75, 3.05) is 12.9 Å². The fourth-order valence-electron chi connectivity index (χ4n) is 2.54. The molecule has 1 heterocycles. The van der Waals surface area contributed by atoms with Gasteiger partial charge in [-0.25, -0.2) is 4.79 Å². The largest absolute Gasteiger partial charge is 0.467 e. The van der Waals surface area contributed by atoms with Gasteiger partial charge in [-0.05, 0) is 6.42 Å². The van der Waals surface area contributed by atoms with Crippen molar-refractivity contribution in [3.63, 3.8) is 0 Å². The molecule has 0 aromatic heterocycles. The number of carbonyl (C=O) groups is 1. The van der Waals surface area contributed by atoms with Gasteiger partial charge >= 0.3 is 5.97 Å². The highest BCUT2D eigenvalue weighted by Gasteiger charge is 2.43. The van der Waals surface area contributed by atoms with Crippen LogP contribution in [0.5, 0.6) is 0 Å². The summed E-state index contributed by atoms with van der Waals surface area (Å²) in [6, 6.07) is 10.1. The zero-order valence-corrected chi connectivity index (χ0v) is 13.6. The Morgan fingerprint density at radius 2 is 2.05 bits per heavy atom. The number of esters is 1. The van der Waals surface area contributed by atoms with Crippen LogP contribution in [0.3, 0.4) is 0 Å². The van der Waals surface area contributed by atoms with Crippen LogP contribution in [0.25, 0.3) is 0 Å².